The predicted octanol–water partition coefficient (Wildman–Crippen LogP) is 10.9. The first-order valence-corrected chi connectivity index (χ1v) is 14.7. The summed E-state index contributed by atoms with van der Waals surface area (Å²) in [5.74, 6) is 0. The molecule has 0 aliphatic carbocycles. The first-order chi connectivity index (χ1) is 21.2. The summed E-state index contributed by atoms with van der Waals surface area (Å²) in [7, 11) is 0. The average molecular weight is 549 g/mol. The second kappa shape index (κ2) is 10.3. The molecule has 2 nitrogen and oxygen atoms in total. The molecule has 0 fully saturated rings. The van der Waals surface area contributed by atoms with E-state index in [2.05, 4.69) is 138 Å². The second-order valence-corrected chi connectivity index (χ2v) is 11.1. The first-order valence-electron chi connectivity index (χ1n) is 14.7. The van der Waals surface area contributed by atoms with E-state index in [1.807, 2.05) is 25.3 Å². The summed E-state index contributed by atoms with van der Waals surface area (Å²) in [6, 6.07) is 52.2. The summed E-state index contributed by atoms with van der Waals surface area (Å²) in [6.07, 6.45) is 1.89. The summed E-state index contributed by atoms with van der Waals surface area (Å²) in [6.45, 7) is 2.00. The van der Waals surface area contributed by atoms with Crippen LogP contribution in [0.3, 0.4) is 0 Å². The minimum absolute atomic E-state index is 0.926. The molecule has 2 heteroatoms. The van der Waals surface area contributed by atoms with Crippen molar-refractivity contribution in [1.29, 1.82) is 0 Å². The van der Waals surface area contributed by atoms with Gasteiger partial charge in [-0.05, 0) is 91.8 Å². The van der Waals surface area contributed by atoms with Crippen LogP contribution in [0.2, 0.25) is 0 Å². The summed E-state index contributed by atoms with van der Waals surface area (Å²) < 4.78 is 0. The Hall–Kier alpha value is -5.60. The SMILES string of the molecule is Cc1ccc(-c2cccc(-c3ccc(-c4c5ccccc5c(-c5ccc6ccccc6c5)c5ccccc45)cc3)n2)cn1. The average Bonchev–Trinajstić information content (AvgIpc) is 3.07. The van der Waals surface area contributed by atoms with Gasteiger partial charge >= 0.3 is 0 Å². The lowest BCUT2D eigenvalue weighted by Gasteiger charge is -2.18. The Balaban J connectivity index is 1.28. The van der Waals surface area contributed by atoms with Crippen LogP contribution in [0, 0.1) is 6.92 Å². The minimum Gasteiger partial charge on any atom is -0.261 e. The zero-order chi connectivity index (χ0) is 28.8. The minimum atomic E-state index is 0.926. The molecule has 0 aliphatic heterocycles. The summed E-state index contributed by atoms with van der Waals surface area (Å²) in [5, 5.41) is 7.54. The number of hydrogen-bond acceptors (Lipinski definition) is 2. The van der Waals surface area contributed by atoms with Gasteiger partial charge in [0, 0.05) is 23.0 Å². The zero-order valence-electron chi connectivity index (χ0n) is 23.8. The number of rotatable bonds is 4. The van der Waals surface area contributed by atoms with E-state index in [-0.39, 0.29) is 0 Å². The molecule has 0 saturated heterocycles. The highest BCUT2D eigenvalue weighted by atomic mass is 14.7. The van der Waals surface area contributed by atoms with Crippen molar-refractivity contribution in [2.45, 2.75) is 6.92 Å². The third kappa shape index (κ3) is 4.45. The molecule has 8 rings (SSSR count). The number of fused-ring (bicyclic) bond motifs is 3. The van der Waals surface area contributed by atoms with Crippen LogP contribution in [0.25, 0.3) is 77.1 Å². The van der Waals surface area contributed by atoms with E-state index in [9.17, 15) is 0 Å². The van der Waals surface area contributed by atoms with E-state index in [1.165, 1.54) is 54.6 Å². The van der Waals surface area contributed by atoms with Crippen LogP contribution in [-0.4, -0.2) is 9.97 Å². The fourth-order valence-electron chi connectivity index (χ4n) is 6.28. The van der Waals surface area contributed by atoms with Crippen molar-refractivity contribution in [3.8, 4) is 44.8 Å². The molecule has 0 spiro atoms. The second-order valence-electron chi connectivity index (χ2n) is 11.1. The van der Waals surface area contributed by atoms with Crippen molar-refractivity contribution in [2.75, 3.05) is 0 Å². The molecule has 2 aromatic heterocycles. The summed E-state index contributed by atoms with van der Waals surface area (Å²) in [4.78, 5) is 9.42. The molecule has 8 aromatic rings. The van der Waals surface area contributed by atoms with Crippen molar-refractivity contribution in [3.05, 3.63) is 157 Å². The molecule has 0 radical (unpaired) electrons. The lowest BCUT2D eigenvalue weighted by atomic mass is 9.85. The van der Waals surface area contributed by atoms with Gasteiger partial charge in [0.15, 0.2) is 0 Å². The van der Waals surface area contributed by atoms with Crippen molar-refractivity contribution < 1.29 is 0 Å². The maximum atomic E-state index is 4.97. The fourth-order valence-corrected chi connectivity index (χ4v) is 6.28. The Morgan fingerprint density at radius 1 is 0.395 bits per heavy atom. The lowest BCUT2D eigenvalue weighted by Crippen LogP contribution is -1.92. The van der Waals surface area contributed by atoms with Gasteiger partial charge in [-0.1, -0.05) is 115 Å². The molecule has 0 atom stereocenters. The van der Waals surface area contributed by atoms with Crippen molar-refractivity contribution in [3.63, 3.8) is 0 Å². The van der Waals surface area contributed by atoms with Crippen LogP contribution in [0.4, 0.5) is 0 Å². The fraction of sp³-hybridized carbons (Fsp3) is 0.0244. The molecule has 2 heterocycles. The normalized spacial score (nSPS) is 11.4. The lowest BCUT2D eigenvalue weighted by molar-refractivity contribution is 1.19. The molecule has 202 valence electrons. The quantitative estimate of drug-likeness (QED) is 0.204. The van der Waals surface area contributed by atoms with Gasteiger partial charge in [0.25, 0.3) is 0 Å². The molecule has 0 amide bonds. The van der Waals surface area contributed by atoms with Gasteiger partial charge in [0.1, 0.15) is 0 Å². The van der Waals surface area contributed by atoms with Crippen LogP contribution >= 0.6 is 0 Å². The number of nitrogens with zero attached hydrogens (tertiary/aromatic N) is 2. The van der Waals surface area contributed by atoms with E-state index in [1.54, 1.807) is 0 Å². The number of benzene rings is 6. The molecule has 6 aromatic carbocycles. The molecule has 43 heavy (non-hydrogen) atoms. The number of aryl methyl sites for hydroxylation is 1. The standard InChI is InChI=1S/C41H28N2/c1-27-17-18-33(26-42-27)39-16-8-15-38(43-39)29-20-22-30(23-21-29)40-34-11-4-6-13-36(34)41(37-14-7-5-12-35(37)40)32-24-19-28-9-2-3-10-31(28)25-32/h2-26H,1H3. The molecule has 0 aliphatic rings. The third-order valence-electron chi connectivity index (χ3n) is 8.40. The van der Waals surface area contributed by atoms with Gasteiger partial charge in [-0.2, -0.15) is 0 Å². The van der Waals surface area contributed by atoms with Gasteiger partial charge in [0.2, 0.25) is 0 Å². The van der Waals surface area contributed by atoms with Gasteiger partial charge < -0.3 is 0 Å². The smallest absolute Gasteiger partial charge is 0.0725 e. The van der Waals surface area contributed by atoms with E-state index >= 15 is 0 Å². The van der Waals surface area contributed by atoms with Crippen molar-refractivity contribution in [1.82, 2.24) is 9.97 Å². The molecule has 0 N–H and O–H groups in total. The highest BCUT2D eigenvalue weighted by molar-refractivity contribution is 6.21. The molecule has 0 bridgehead atoms. The maximum absolute atomic E-state index is 4.97. The zero-order valence-corrected chi connectivity index (χ0v) is 23.8. The van der Waals surface area contributed by atoms with Crippen LogP contribution in [0.1, 0.15) is 5.69 Å². The molecular formula is C41H28N2. The van der Waals surface area contributed by atoms with E-state index in [0.29, 0.717) is 0 Å². The number of aromatic nitrogens is 2. The molecule has 0 unspecified atom stereocenters. The van der Waals surface area contributed by atoms with Crippen molar-refractivity contribution in [2.24, 2.45) is 0 Å². The topological polar surface area (TPSA) is 25.8 Å². The van der Waals surface area contributed by atoms with Crippen LogP contribution in [0.5, 0.6) is 0 Å². The first kappa shape index (κ1) is 25.1. The van der Waals surface area contributed by atoms with E-state index in [0.717, 1.165) is 28.2 Å². The Kier molecular flexibility index (Phi) is 6.05. The highest BCUT2D eigenvalue weighted by Crippen LogP contribution is 2.44. The van der Waals surface area contributed by atoms with Crippen molar-refractivity contribution >= 4 is 32.3 Å². The van der Waals surface area contributed by atoms with Gasteiger partial charge in [-0.15, -0.1) is 0 Å². The van der Waals surface area contributed by atoms with Gasteiger partial charge in [0.05, 0.1) is 11.4 Å². The largest absolute Gasteiger partial charge is 0.261 e. The van der Waals surface area contributed by atoms with Gasteiger partial charge in [-0.3, -0.25) is 4.98 Å². The summed E-state index contributed by atoms with van der Waals surface area (Å²) in [5.41, 5.74) is 9.96. The number of hydrogen-bond donors (Lipinski definition) is 0. The molecule has 0 saturated carbocycles. The van der Waals surface area contributed by atoms with Crippen LogP contribution in [-0.2, 0) is 0 Å². The Labute approximate surface area is 251 Å². The number of pyridine rings is 2. The Bertz CT molecular complexity index is 2220. The Morgan fingerprint density at radius 3 is 1.53 bits per heavy atom. The van der Waals surface area contributed by atoms with E-state index in [4.69, 9.17) is 4.98 Å². The monoisotopic (exact) mass is 548 g/mol. The molecular weight excluding hydrogens is 520 g/mol. The van der Waals surface area contributed by atoms with Crippen LogP contribution in [0.15, 0.2) is 152 Å². The summed E-state index contributed by atoms with van der Waals surface area (Å²) >= 11 is 0. The predicted molar refractivity (Wildman–Crippen MR) is 181 cm³/mol. The highest BCUT2D eigenvalue weighted by Gasteiger charge is 2.17. The van der Waals surface area contributed by atoms with Gasteiger partial charge in [-0.25, -0.2) is 4.98 Å². The Morgan fingerprint density at radius 2 is 0.907 bits per heavy atom. The van der Waals surface area contributed by atoms with E-state index < -0.39 is 0 Å². The maximum Gasteiger partial charge on any atom is 0.0725 e. The van der Waals surface area contributed by atoms with Crippen LogP contribution < -0.4 is 0 Å². The third-order valence-corrected chi connectivity index (χ3v) is 8.40.